The van der Waals surface area contributed by atoms with E-state index < -0.39 is 46.1 Å². The van der Waals surface area contributed by atoms with Gasteiger partial charge in [0.05, 0.1) is 24.4 Å². The molecule has 8 saturated carbocycles. The van der Waals surface area contributed by atoms with Crippen LogP contribution in [0.2, 0.25) is 0 Å². The van der Waals surface area contributed by atoms with Gasteiger partial charge >= 0.3 is 333 Å². The van der Waals surface area contributed by atoms with Crippen LogP contribution in [0.3, 0.4) is 0 Å². The summed E-state index contributed by atoms with van der Waals surface area (Å²) in [5.74, 6) is -4.53. The standard InChI is InChI=1S/2C20H26I.C14H20F2O3.C13H17F2O3.ClH.Na.O3S/c2*1-19(2,3)15-7-11-17(12-8-15)21-18-13-9-16(10-14-18)20(4,5)6;1-12(15,16)11(17)19-8-13-3-9-2-10(4-13)6-14(18,5-9)7-13;14-10(15)11(16)18-7-12-2-8-1-9(3-12)5-13(17,4-8)6-12;;;1-4(2)3/h2*7-14H,1-6H3;9-10,18H,2-8H2,1H3;8-9,17H,1-7H2;1H;;/q2*-1;;-1;;+1;/p-1. The fraction of sp³-hybridized carbons (Fsp3) is 0.597. The van der Waals surface area contributed by atoms with Gasteiger partial charge in [0.15, 0.2) is 0 Å². The van der Waals surface area contributed by atoms with Crippen LogP contribution < -0.4 is 84.4 Å². The summed E-state index contributed by atoms with van der Waals surface area (Å²) in [6, 6.07) is 36.8. The molecule has 4 aromatic rings. The molecule has 12 rings (SSSR count). The van der Waals surface area contributed by atoms with Crippen molar-refractivity contribution in [1.82, 2.24) is 0 Å². The summed E-state index contributed by atoms with van der Waals surface area (Å²) in [5, 5.41) is 21.0. The molecule has 8 aliphatic rings. The van der Waals surface area contributed by atoms with Crippen molar-refractivity contribution in [3.63, 3.8) is 0 Å². The van der Waals surface area contributed by atoms with Crippen molar-refractivity contribution in [1.29, 1.82) is 0 Å². The molecule has 4 atom stereocenters. The number of rotatable bonds is 10. The van der Waals surface area contributed by atoms with Gasteiger partial charge in [-0.3, -0.25) is 4.79 Å². The van der Waals surface area contributed by atoms with Crippen molar-refractivity contribution in [3.8, 4) is 0 Å². The molecule has 2 N–H and O–H groups in total. The Morgan fingerprint density at radius 3 is 0.929 bits per heavy atom. The number of carbonyl (C=O) groups is 2. The monoisotopic (exact) mass is 1460 g/mol. The minimum absolute atomic E-state index is 0. The van der Waals surface area contributed by atoms with Crippen LogP contribution in [0.15, 0.2) is 97.1 Å². The molecule has 470 valence electrons. The van der Waals surface area contributed by atoms with Gasteiger partial charge < -0.3 is 40.9 Å². The minimum atomic E-state index is -3.43. The summed E-state index contributed by atoms with van der Waals surface area (Å²) in [6.45, 7) is 27.8. The molecule has 0 saturated heterocycles. The Kier molecular flexibility index (Phi) is 26.3. The maximum atomic E-state index is 12.8. The summed E-state index contributed by atoms with van der Waals surface area (Å²) in [5.41, 5.74) is 4.81. The fourth-order valence-corrected chi connectivity index (χ4v) is 18.4. The number of alkyl halides is 2. The number of aliphatic hydroxyl groups is 2. The van der Waals surface area contributed by atoms with Crippen molar-refractivity contribution in [2.45, 2.75) is 206 Å². The Morgan fingerprint density at radius 2 is 0.729 bits per heavy atom. The average Bonchev–Trinajstić information content (AvgIpc) is 2.13. The number of carbonyl (C=O) groups excluding carboxylic acids is 2. The van der Waals surface area contributed by atoms with Gasteiger partial charge in [0.1, 0.15) is 0 Å². The van der Waals surface area contributed by atoms with Crippen LogP contribution in [0.1, 0.15) is 189 Å². The van der Waals surface area contributed by atoms with E-state index in [2.05, 4.69) is 180 Å². The second-order valence-electron chi connectivity index (χ2n) is 29.1. The largest absolute Gasteiger partial charge is 1.00 e. The van der Waals surface area contributed by atoms with Gasteiger partial charge in [-0.05, 0) is 101 Å². The third-order valence-corrected chi connectivity index (χ3v) is 22.5. The van der Waals surface area contributed by atoms with Gasteiger partial charge in [-0.2, -0.15) is 8.78 Å². The van der Waals surface area contributed by atoms with Gasteiger partial charge in [0.25, 0.3) is 0 Å². The Hall–Kier alpha value is -2.30. The van der Waals surface area contributed by atoms with Gasteiger partial charge in [-0.15, -0.1) is 12.6 Å². The molecule has 8 bridgehead atoms. The quantitative estimate of drug-likeness (QED) is 0.0807. The first-order valence-corrected chi connectivity index (χ1v) is 34.3. The maximum Gasteiger partial charge on any atom is 1.00 e. The Labute approximate surface area is 554 Å². The van der Waals surface area contributed by atoms with E-state index in [0.29, 0.717) is 43.4 Å². The Balaban J connectivity index is 0.000000236. The molecule has 0 radical (unpaired) electrons. The summed E-state index contributed by atoms with van der Waals surface area (Å²) >= 11 is -0.141. The molecular weight excluding hydrogens is 1370 g/mol. The van der Waals surface area contributed by atoms with E-state index >= 15 is 0 Å². The molecule has 0 aromatic heterocycles. The van der Waals surface area contributed by atoms with Crippen LogP contribution in [-0.4, -0.2) is 65.1 Å². The summed E-state index contributed by atoms with van der Waals surface area (Å²) in [6.07, 6.45) is 8.02. The molecule has 8 aliphatic carbocycles. The molecule has 4 unspecified atom stereocenters. The van der Waals surface area contributed by atoms with E-state index in [1.54, 1.807) is 0 Å². The third kappa shape index (κ3) is 22.6. The number of halogens is 7. The van der Waals surface area contributed by atoms with E-state index in [1.807, 2.05) is 0 Å². The number of esters is 2. The Morgan fingerprint density at radius 1 is 0.494 bits per heavy atom. The van der Waals surface area contributed by atoms with E-state index in [1.165, 1.54) is 36.5 Å². The molecule has 4 aromatic carbocycles. The molecule has 85 heavy (non-hydrogen) atoms. The maximum absolute atomic E-state index is 12.8. The summed E-state index contributed by atoms with van der Waals surface area (Å²) in [7, 11) is -3.11. The third-order valence-electron chi connectivity index (χ3n) is 17.1. The van der Waals surface area contributed by atoms with Gasteiger partial charge in [-0.25, -0.2) is 4.79 Å². The van der Waals surface area contributed by atoms with Crippen LogP contribution >= 0.6 is 0 Å². The zero-order valence-corrected chi connectivity index (χ0v) is 60.1. The second-order valence-corrected chi connectivity index (χ2v) is 35.6. The molecule has 8 fully saturated rings. The van der Waals surface area contributed by atoms with E-state index in [4.69, 9.17) is 22.1 Å². The molecular formula is C67H89ClF4I2NaO9S-3. The molecule has 0 heterocycles. The summed E-state index contributed by atoms with van der Waals surface area (Å²) < 4.78 is 90.6. The first kappa shape index (κ1) is 75.2. The first-order valence-electron chi connectivity index (χ1n) is 29.0. The average molecular weight is 1460 g/mol. The van der Waals surface area contributed by atoms with Gasteiger partial charge in [0, 0.05) is 24.2 Å². The number of ether oxygens (including phenoxy) is 2. The van der Waals surface area contributed by atoms with Crippen molar-refractivity contribution in [2.75, 3.05) is 13.2 Å². The molecule has 0 amide bonds. The van der Waals surface area contributed by atoms with Gasteiger partial charge in [0.2, 0.25) is 5.97 Å². The molecule has 0 spiro atoms. The van der Waals surface area contributed by atoms with Crippen LogP contribution in [0.4, 0.5) is 17.6 Å². The van der Waals surface area contributed by atoms with Crippen LogP contribution in [0, 0.1) is 55.2 Å². The first-order chi connectivity index (χ1) is 38.1. The molecule has 9 nitrogen and oxygen atoms in total. The number of benzene rings is 4. The number of hydrogen-bond donors (Lipinski definition) is 2. The van der Waals surface area contributed by atoms with Crippen LogP contribution in [0.5, 0.6) is 0 Å². The zero-order valence-electron chi connectivity index (χ0n) is 52.3. The topological polar surface area (TPSA) is 144 Å². The van der Waals surface area contributed by atoms with Crippen LogP contribution in [-0.2, 0) is 51.3 Å². The Bertz CT molecular complexity index is 2680. The second kappa shape index (κ2) is 29.8. The normalized spacial score (nSPS) is 26.0. The van der Waals surface area contributed by atoms with E-state index in [-0.39, 0.29) is 130 Å². The minimum Gasteiger partial charge on any atom is -1.00 e. The van der Waals surface area contributed by atoms with E-state index in [0.717, 1.165) is 64.2 Å². The van der Waals surface area contributed by atoms with Crippen molar-refractivity contribution in [3.05, 3.63) is 140 Å². The SMILES string of the molecule is CC(C)(C)c1ccc([I-]c2ccc(C(C)(C)C)cc2)cc1.CC(C)(C)c1ccc([I-]c2ccc(C(C)(C)C)cc2)cc1.CC(F)(F)C(=O)OCC12CC3CC(CC(O)(C3)C1)C2.O=C(OCC12CC3CC(CC(O)(C3)C1)C2)[C-](F)F.O=S(=O)=O.[Cl-].[Na+]. The van der Waals surface area contributed by atoms with Crippen molar-refractivity contribution >= 4 is 22.5 Å². The van der Waals surface area contributed by atoms with Gasteiger partial charge in [-0.1, -0.05) is 0 Å². The summed E-state index contributed by atoms with van der Waals surface area (Å²) in [4.78, 5) is 22.0. The number of hydrogen-bond acceptors (Lipinski definition) is 9. The predicted molar refractivity (Wildman–Crippen MR) is 307 cm³/mol. The zero-order chi connectivity index (χ0) is 61.8. The van der Waals surface area contributed by atoms with E-state index in [9.17, 15) is 37.4 Å². The fourth-order valence-electron chi connectivity index (χ4n) is 14.1. The molecule has 18 heteroatoms. The predicted octanol–water partition coefficient (Wildman–Crippen LogP) is 2.63. The smallest absolute Gasteiger partial charge is 1.00 e. The van der Waals surface area contributed by atoms with Crippen LogP contribution in [0.25, 0.3) is 0 Å². The molecule has 0 aliphatic heterocycles. The van der Waals surface area contributed by atoms with Crippen molar-refractivity contribution in [2.24, 2.45) is 34.5 Å². The van der Waals surface area contributed by atoms with Crippen molar-refractivity contribution < 1.29 is 144 Å².